The zero-order valence-electron chi connectivity index (χ0n) is 18.1. The SMILES string of the molecule is CCCCc1ccc(C2C(C#N)=C(N)N(c3ccc(Cl)c([N+](=O)[O-])c3)C3=C2C(=O)CCC3)s1. The van der Waals surface area contributed by atoms with Crippen molar-refractivity contribution in [3.8, 4) is 6.07 Å². The van der Waals surface area contributed by atoms with E-state index < -0.39 is 10.8 Å². The number of halogens is 1. The molecule has 33 heavy (non-hydrogen) atoms. The quantitative estimate of drug-likeness (QED) is 0.401. The number of nitro groups is 1. The number of carbonyl (C=O) groups excluding carboxylic acids is 1. The van der Waals surface area contributed by atoms with Gasteiger partial charge in [0.25, 0.3) is 5.69 Å². The summed E-state index contributed by atoms with van der Waals surface area (Å²) in [6, 6.07) is 10.7. The molecule has 1 atom stereocenters. The number of hydrogen-bond donors (Lipinski definition) is 1. The van der Waals surface area contributed by atoms with Crippen LogP contribution in [0.3, 0.4) is 0 Å². The molecule has 2 aromatic rings. The smallest absolute Gasteiger partial charge is 0.289 e. The minimum Gasteiger partial charge on any atom is -0.384 e. The van der Waals surface area contributed by atoms with Crippen molar-refractivity contribution in [1.82, 2.24) is 0 Å². The maximum absolute atomic E-state index is 13.2. The van der Waals surface area contributed by atoms with Crippen LogP contribution < -0.4 is 10.6 Å². The van der Waals surface area contributed by atoms with Crippen LogP contribution in [0.5, 0.6) is 0 Å². The Labute approximate surface area is 200 Å². The molecule has 2 heterocycles. The Morgan fingerprint density at radius 1 is 1.33 bits per heavy atom. The minimum absolute atomic E-state index is 0.00816. The van der Waals surface area contributed by atoms with Crippen LogP contribution in [0.15, 0.2) is 53.0 Å². The van der Waals surface area contributed by atoms with Gasteiger partial charge >= 0.3 is 0 Å². The van der Waals surface area contributed by atoms with Gasteiger partial charge in [0.2, 0.25) is 0 Å². The molecule has 1 aromatic heterocycles. The fraction of sp³-hybridized carbons (Fsp3) is 0.333. The second-order valence-corrected chi connectivity index (χ2v) is 9.72. The third-order valence-corrected chi connectivity index (χ3v) is 7.57. The van der Waals surface area contributed by atoms with Crippen LogP contribution in [0.4, 0.5) is 11.4 Å². The van der Waals surface area contributed by atoms with Crippen LogP contribution >= 0.6 is 22.9 Å². The molecule has 1 aliphatic carbocycles. The summed E-state index contributed by atoms with van der Waals surface area (Å²) >= 11 is 7.62. The van der Waals surface area contributed by atoms with Gasteiger partial charge in [0.05, 0.1) is 28.2 Å². The average molecular weight is 483 g/mol. The lowest BCUT2D eigenvalue weighted by Gasteiger charge is -2.39. The lowest BCUT2D eigenvalue weighted by Crippen LogP contribution is -2.38. The molecule has 1 aromatic carbocycles. The molecule has 4 rings (SSSR count). The number of rotatable bonds is 6. The van der Waals surface area contributed by atoms with Gasteiger partial charge < -0.3 is 5.73 Å². The third kappa shape index (κ3) is 4.14. The van der Waals surface area contributed by atoms with Crippen molar-refractivity contribution in [3.63, 3.8) is 0 Å². The summed E-state index contributed by atoms with van der Waals surface area (Å²) in [5.74, 6) is -0.341. The Morgan fingerprint density at radius 3 is 2.82 bits per heavy atom. The maximum Gasteiger partial charge on any atom is 0.289 e. The number of Topliss-reactive ketones (excluding diaryl/α,β-unsaturated/α-hetero) is 1. The van der Waals surface area contributed by atoms with Gasteiger partial charge in [-0.3, -0.25) is 19.8 Å². The molecule has 0 saturated carbocycles. The first-order valence-electron chi connectivity index (χ1n) is 10.9. The van der Waals surface area contributed by atoms with Crippen LogP contribution in [0.1, 0.15) is 54.7 Å². The molecule has 9 heteroatoms. The van der Waals surface area contributed by atoms with E-state index in [1.54, 1.807) is 22.3 Å². The molecule has 2 aliphatic rings. The first-order valence-corrected chi connectivity index (χ1v) is 12.1. The van der Waals surface area contributed by atoms with Gasteiger partial charge in [0.1, 0.15) is 10.8 Å². The van der Waals surface area contributed by atoms with E-state index in [1.165, 1.54) is 17.0 Å². The van der Waals surface area contributed by atoms with E-state index in [-0.39, 0.29) is 27.9 Å². The number of aryl methyl sites for hydroxylation is 1. The Morgan fingerprint density at radius 2 is 2.12 bits per heavy atom. The number of nitriles is 1. The summed E-state index contributed by atoms with van der Waals surface area (Å²) in [5.41, 5.74) is 8.24. The summed E-state index contributed by atoms with van der Waals surface area (Å²) < 4.78 is 0. The van der Waals surface area contributed by atoms with Crippen LogP contribution in [-0.4, -0.2) is 10.7 Å². The fourth-order valence-electron chi connectivity index (χ4n) is 4.48. The zero-order valence-corrected chi connectivity index (χ0v) is 19.7. The van der Waals surface area contributed by atoms with Crippen molar-refractivity contribution in [1.29, 1.82) is 5.26 Å². The monoisotopic (exact) mass is 482 g/mol. The lowest BCUT2D eigenvalue weighted by molar-refractivity contribution is -0.384. The van der Waals surface area contributed by atoms with Crippen molar-refractivity contribution in [2.24, 2.45) is 5.73 Å². The van der Waals surface area contributed by atoms with E-state index in [9.17, 15) is 20.2 Å². The van der Waals surface area contributed by atoms with Gasteiger partial charge in [-0.2, -0.15) is 5.26 Å². The Kier molecular flexibility index (Phi) is 6.54. The van der Waals surface area contributed by atoms with Gasteiger partial charge in [0.15, 0.2) is 5.78 Å². The largest absolute Gasteiger partial charge is 0.384 e. The number of nitrogens with two attached hydrogens (primary N) is 1. The topological polar surface area (TPSA) is 113 Å². The van der Waals surface area contributed by atoms with Crippen LogP contribution in [-0.2, 0) is 11.2 Å². The summed E-state index contributed by atoms with van der Waals surface area (Å²) in [6.45, 7) is 2.14. The molecule has 170 valence electrons. The number of thiophene rings is 1. The Balaban J connectivity index is 1.89. The summed E-state index contributed by atoms with van der Waals surface area (Å²) in [6.07, 6.45) is 4.75. The van der Waals surface area contributed by atoms with Crippen molar-refractivity contribution in [2.45, 2.75) is 51.4 Å². The molecule has 0 radical (unpaired) electrons. The van der Waals surface area contributed by atoms with Gasteiger partial charge in [-0.25, -0.2) is 0 Å². The van der Waals surface area contributed by atoms with Crippen molar-refractivity contribution in [2.75, 3.05) is 4.90 Å². The van der Waals surface area contributed by atoms with E-state index in [0.29, 0.717) is 36.2 Å². The highest BCUT2D eigenvalue weighted by molar-refractivity contribution is 7.12. The first kappa shape index (κ1) is 23.0. The number of hydrogen-bond acceptors (Lipinski definition) is 7. The van der Waals surface area contributed by atoms with Gasteiger partial charge in [-0.1, -0.05) is 24.9 Å². The normalized spacial score (nSPS) is 18.4. The molecular weight excluding hydrogens is 460 g/mol. The van der Waals surface area contributed by atoms with Gasteiger partial charge in [-0.15, -0.1) is 11.3 Å². The molecule has 1 unspecified atom stereocenters. The Hall–Kier alpha value is -3.15. The standard InChI is InChI=1S/C24H23ClN4O3S/c1-2-3-5-15-9-11-21(33-15)22-16(13-26)24(27)28(18-6-4-7-20(30)23(18)22)14-8-10-17(25)19(12-14)29(31)32/h8-12,22H,2-7,27H2,1H3. The molecule has 7 nitrogen and oxygen atoms in total. The number of carbonyl (C=O) groups is 1. The number of unbranched alkanes of at least 4 members (excludes halogenated alkanes) is 1. The molecule has 1 aliphatic heterocycles. The highest BCUT2D eigenvalue weighted by Gasteiger charge is 2.41. The number of benzene rings is 1. The summed E-state index contributed by atoms with van der Waals surface area (Å²) in [7, 11) is 0. The average Bonchev–Trinajstić information content (AvgIpc) is 3.26. The number of nitrogens with zero attached hydrogens (tertiary/aromatic N) is 3. The van der Waals surface area contributed by atoms with E-state index in [4.69, 9.17) is 17.3 Å². The fourth-order valence-corrected chi connectivity index (χ4v) is 5.84. The van der Waals surface area contributed by atoms with Gasteiger partial charge in [-0.05, 0) is 49.9 Å². The second-order valence-electron chi connectivity index (χ2n) is 8.12. The first-order chi connectivity index (χ1) is 15.9. The maximum atomic E-state index is 13.2. The van der Waals surface area contributed by atoms with Gasteiger partial charge in [0, 0.05) is 33.5 Å². The molecular formula is C24H23ClN4O3S. The lowest BCUT2D eigenvalue weighted by atomic mass is 9.78. The van der Waals surface area contributed by atoms with E-state index in [2.05, 4.69) is 19.1 Å². The zero-order chi connectivity index (χ0) is 23.7. The molecule has 2 N–H and O–H groups in total. The van der Waals surface area contributed by atoms with Crippen LogP contribution in [0.25, 0.3) is 0 Å². The van der Waals surface area contributed by atoms with E-state index >= 15 is 0 Å². The Bertz CT molecular complexity index is 1240. The van der Waals surface area contributed by atoms with Crippen molar-refractivity contribution < 1.29 is 9.72 Å². The number of ketones is 1. The third-order valence-electron chi connectivity index (χ3n) is 6.04. The molecule has 0 spiro atoms. The van der Waals surface area contributed by atoms with Crippen LogP contribution in [0, 0.1) is 21.4 Å². The van der Waals surface area contributed by atoms with E-state index in [1.807, 2.05) is 6.07 Å². The van der Waals surface area contributed by atoms with Crippen molar-refractivity contribution in [3.05, 3.63) is 77.9 Å². The second kappa shape index (κ2) is 9.38. The number of nitro benzene ring substituents is 1. The molecule has 0 saturated heterocycles. The molecule has 0 fully saturated rings. The highest BCUT2D eigenvalue weighted by atomic mass is 35.5. The summed E-state index contributed by atoms with van der Waals surface area (Å²) in [5, 5.41) is 21.6. The molecule has 0 amide bonds. The predicted molar refractivity (Wildman–Crippen MR) is 129 cm³/mol. The van der Waals surface area contributed by atoms with Crippen LogP contribution in [0.2, 0.25) is 5.02 Å². The minimum atomic E-state index is -0.561. The highest BCUT2D eigenvalue weighted by Crippen LogP contribution is 2.48. The number of allylic oxidation sites excluding steroid dienone is 3. The number of anilines is 1. The molecule has 0 bridgehead atoms. The predicted octanol–water partition coefficient (Wildman–Crippen LogP) is 5.96. The summed E-state index contributed by atoms with van der Waals surface area (Å²) in [4.78, 5) is 27.8. The van der Waals surface area contributed by atoms with E-state index in [0.717, 1.165) is 24.1 Å². The van der Waals surface area contributed by atoms with Crippen molar-refractivity contribution >= 4 is 40.1 Å².